The Morgan fingerprint density at radius 3 is 1.92 bits per heavy atom. The van der Waals surface area contributed by atoms with Crippen LogP contribution < -0.4 is 4.90 Å². The van der Waals surface area contributed by atoms with Gasteiger partial charge in [0.15, 0.2) is 0 Å². The molecule has 0 heterocycles. The van der Waals surface area contributed by atoms with E-state index in [9.17, 15) is 0 Å². The molecule has 0 amide bonds. The van der Waals surface area contributed by atoms with Crippen molar-refractivity contribution in [1.82, 2.24) is 0 Å². The number of hydrogen-bond acceptors (Lipinski definition) is 1. The molecule has 0 saturated heterocycles. The predicted octanol–water partition coefficient (Wildman–Crippen LogP) is 2.53. The van der Waals surface area contributed by atoms with Crippen molar-refractivity contribution in [2.75, 3.05) is 18.0 Å². The average molecular weight is 301 g/mol. The molecule has 12 heavy (non-hydrogen) atoms. The molecule has 0 aromatic heterocycles. The van der Waals surface area contributed by atoms with Gasteiger partial charge in [0.2, 0.25) is 0 Å². The van der Waals surface area contributed by atoms with Crippen LogP contribution in [0.4, 0.5) is 5.69 Å². The maximum atomic E-state index is 2.33. The van der Waals surface area contributed by atoms with Crippen molar-refractivity contribution < 1.29 is 49.4 Å². The molecule has 67 valence electrons. The standard InChI is InChI=1S/C10H15N.Eu/c1-3-11(4-2)10-8-6-5-7-9-10;/h5-9H,3-4H2,1-2H3;. The molecule has 0 fully saturated rings. The molecule has 1 radical (unpaired) electrons. The smallest absolute Gasteiger partial charge is 0.0365 e. The van der Waals surface area contributed by atoms with E-state index in [0.717, 1.165) is 13.1 Å². The van der Waals surface area contributed by atoms with Gasteiger partial charge in [-0.2, -0.15) is 0 Å². The molecule has 1 aromatic carbocycles. The summed E-state index contributed by atoms with van der Waals surface area (Å²) in [5, 5.41) is 0. The molecule has 0 aliphatic carbocycles. The van der Waals surface area contributed by atoms with E-state index in [1.165, 1.54) is 5.69 Å². The van der Waals surface area contributed by atoms with Crippen LogP contribution in [-0.4, -0.2) is 13.1 Å². The zero-order valence-corrected chi connectivity index (χ0v) is 10.1. The number of hydrogen-bond donors (Lipinski definition) is 0. The fourth-order valence-electron chi connectivity index (χ4n) is 1.23. The average Bonchev–Trinajstić information content (AvgIpc) is 2.09. The maximum absolute atomic E-state index is 2.33. The Bertz CT molecular complexity index is 194. The van der Waals surface area contributed by atoms with Crippen molar-refractivity contribution in [3.63, 3.8) is 0 Å². The predicted molar refractivity (Wildman–Crippen MR) is 50.0 cm³/mol. The molecule has 1 nitrogen and oxygen atoms in total. The summed E-state index contributed by atoms with van der Waals surface area (Å²) in [5.41, 5.74) is 1.32. The Balaban J connectivity index is 0.00000121. The third-order valence-corrected chi connectivity index (χ3v) is 1.88. The van der Waals surface area contributed by atoms with E-state index >= 15 is 0 Å². The molecule has 1 rings (SSSR count). The van der Waals surface area contributed by atoms with Crippen molar-refractivity contribution in [1.29, 1.82) is 0 Å². The van der Waals surface area contributed by atoms with Crippen molar-refractivity contribution in [2.45, 2.75) is 13.8 Å². The van der Waals surface area contributed by atoms with Crippen LogP contribution in [-0.2, 0) is 0 Å². The minimum Gasteiger partial charge on any atom is -0.372 e. The van der Waals surface area contributed by atoms with E-state index in [1.54, 1.807) is 0 Å². The first-order valence-electron chi connectivity index (χ1n) is 4.18. The summed E-state index contributed by atoms with van der Waals surface area (Å²) in [5.74, 6) is 0. The molecule has 0 saturated carbocycles. The number of anilines is 1. The van der Waals surface area contributed by atoms with Gasteiger partial charge in [0.05, 0.1) is 0 Å². The van der Waals surface area contributed by atoms with Gasteiger partial charge in [0.25, 0.3) is 0 Å². The first kappa shape index (κ1) is 12.6. The Hall–Kier alpha value is 0.604. The molecule has 0 spiro atoms. The van der Waals surface area contributed by atoms with Gasteiger partial charge < -0.3 is 4.90 Å². The molecular formula is C10H15EuN. The van der Waals surface area contributed by atoms with Crippen LogP contribution >= 0.6 is 0 Å². The van der Waals surface area contributed by atoms with Gasteiger partial charge >= 0.3 is 0 Å². The zero-order chi connectivity index (χ0) is 8.10. The molecule has 1 aromatic rings. The third kappa shape index (κ3) is 3.55. The van der Waals surface area contributed by atoms with Gasteiger partial charge in [-0.3, -0.25) is 0 Å². The van der Waals surface area contributed by atoms with Crippen molar-refractivity contribution in [2.24, 2.45) is 0 Å². The minimum atomic E-state index is 0. The molecule has 0 unspecified atom stereocenters. The summed E-state index contributed by atoms with van der Waals surface area (Å²) in [4.78, 5) is 2.33. The Morgan fingerprint density at radius 2 is 1.50 bits per heavy atom. The normalized spacial score (nSPS) is 8.83. The summed E-state index contributed by atoms with van der Waals surface area (Å²) in [6.45, 7) is 6.52. The Labute approximate surface area is 116 Å². The van der Waals surface area contributed by atoms with Crippen molar-refractivity contribution in [3.8, 4) is 0 Å². The van der Waals surface area contributed by atoms with Crippen LogP contribution in [0.3, 0.4) is 0 Å². The van der Waals surface area contributed by atoms with E-state index in [0.29, 0.717) is 0 Å². The zero-order valence-electron chi connectivity index (χ0n) is 7.63. The number of benzene rings is 1. The van der Waals surface area contributed by atoms with Crippen LogP contribution in [0.25, 0.3) is 0 Å². The third-order valence-electron chi connectivity index (χ3n) is 1.88. The second-order valence-electron chi connectivity index (χ2n) is 2.51. The molecule has 0 bridgehead atoms. The molecular weight excluding hydrogens is 286 g/mol. The SMILES string of the molecule is CCN(CC)c1ccccc1.[Eu]. The first-order chi connectivity index (χ1) is 5.38. The number of rotatable bonds is 3. The molecule has 2 heteroatoms. The minimum absolute atomic E-state index is 0. The fourth-order valence-corrected chi connectivity index (χ4v) is 1.23. The van der Waals surface area contributed by atoms with Crippen LogP contribution in [0.1, 0.15) is 13.8 Å². The Morgan fingerprint density at radius 1 is 1.00 bits per heavy atom. The van der Waals surface area contributed by atoms with E-state index < -0.39 is 0 Å². The molecule has 0 N–H and O–H groups in total. The topological polar surface area (TPSA) is 3.24 Å². The van der Waals surface area contributed by atoms with Gasteiger partial charge in [-0.1, -0.05) is 18.2 Å². The number of nitrogens with zero attached hydrogens (tertiary/aromatic N) is 1. The van der Waals surface area contributed by atoms with Crippen LogP contribution in [0.5, 0.6) is 0 Å². The summed E-state index contributed by atoms with van der Waals surface area (Å²) in [7, 11) is 0. The molecule has 0 aliphatic rings. The van der Waals surface area contributed by atoms with E-state index in [4.69, 9.17) is 0 Å². The van der Waals surface area contributed by atoms with Gasteiger partial charge in [-0.05, 0) is 26.0 Å². The van der Waals surface area contributed by atoms with E-state index in [1.807, 2.05) is 6.07 Å². The van der Waals surface area contributed by atoms with Gasteiger partial charge in [0, 0.05) is 68.2 Å². The van der Waals surface area contributed by atoms with E-state index in [2.05, 4.69) is 43.0 Å². The fraction of sp³-hybridized carbons (Fsp3) is 0.400. The summed E-state index contributed by atoms with van der Waals surface area (Å²) in [6, 6.07) is 10.5. The second-order valence-corrected chi connectivity index (χ2v) is 2.51. The molecule has 0 atom stereocenters. The van der Waals surface area contributed by atoms with Crippen LogP contribution in [0, 0.1) is 49.4 Å². The maximum Gasteiger partial charge on any atom is 0.0365 e. The van der Waals surface area contributed by atoms with Crippen LogP contribution in [0.2, 0.25) is 0 Å². The van der Waals surface area contributed by atoms with Gasteiger partial charge in [0.1, 0.15) is 0 Å². The first-order valence-corrected chi connectivity index (χ1v) is 4.18. The quantitative estimate of drug-likeness (QED) is 0.829. The Kier molecular flexibility index (Phi) is 7.41. The summed E-state index contributed by atoms with van der Waals surface area (Å²) in [6.07, 6.45) is 0. The molecule has 0 aliphatic heterocycles. The van der Waals surface area contributed by atoms with Gasteiger partial charge in [-0.15, -0.1) is 0 Å². The van der Waals surface area contributed by atoms with Crippen molar-refractivity contribution >= 4 is 5.69 Å². The second kappa shape index (κ2) is 7.05. The number of para-hydroxylation sites is 1. The largest absolute Gasteiger partial charge is 0.372 e. The van der Waals surface area contributed by atoms with Crippen LogP contribution in [0.15, 0.2) is 30.3 Å². The summed E-state index contributed by atoms with van der Waals surface area (Å²) < 4.78 is 0. The monoisotopic (exact) mass is 302 g/mol. The summed E-state index contributed by atoms with van der Waals surface area (Å²) >= 11 is 0. The van der Waals surface area contributed by atoms with Gasteiger partial charge in [-0.25, -0.2) is 0 Å². The van der Waals surface area contributed by atoms with E-state index in [-0.39, 0.29) is 49.4 Å². The van der Waals surface area contributed by atoms with Crippen molar-refractivity contribution in [3.05, 3.63) is 30.3 Å².